The summed E-state index contributed by atoms with van der Waals surface area (Å²) < 4.78 is 57.2. The van der Waals surface area contributed by atoms with Crippen molar-refractivity contribution >= 4 is 16.9 Å². The number of fused-ring (bicyclic) bond motifs is 4. The lowest BCUT2D eigenvalue weighted by Gasteiger charge is -2.56. The zero-order valence-corrected chi connectivity index (χ0v) is 21.1. The third-order valence-corrected chi connectivity index (χ3v) is 8.10. The third kappa shape index (κ3) is 5.09. The number of benzene rings is 2. The predicted molar refractivity (Wildman–Crippen MR) is 132 cm³/mol. The smallest absolute Gasteiger partial charge is 0.419 e. The molecule has 1 heterocycles. The number of H-pyrrole nitrogens is 1. The standard InChI is InChI=1S/C27H30F4N4O3/c1-15-9-20-21(10-16(15)2)34-23(33-20)13-32-25-5-7-26(8-6-25,22(36)12-25)35-24(37)14-38-17-3-4-18(19(28)11-17)27(29,30)31/h3-4,9-11,22,32,36H,5-8,12-14H2,1-2H3,(H,33,34)(H,35,37). The number of aryl methyl sites for hydroxylation is 2. The summed E-state index contributed by atoms with van der Waals surface area (Å²) in [6, 6.07) is 6.29. The average molecular weight is 535 g/mol. The van der Waals surface area contributed by atoms with Crippen molar-refractivity contribution < 1.29 is 32.2 Å². The summed E-state index contributed by atoms with van der Waals surface area (Å²) in [7, 11) is 0. The van der Waals surface area contributed by atoms with E-state index < -0.39 is 41.7 Å². The molecule has 0 saturated heterocycles. The minimum Gasteiger partial charge on any atom is -0.484 e. The lowest BCUT2D eigenvalue weighted by molar-refractivity contribution is -0.140. The molecular formula is C27H30F4N4O3. The summed E-state index contributed by atoms with van der Waals surface area (Å²) in [6.07, 6.45) is -2.55. The fraction of sp³-hybridized carbons (Fsp3) is 0.481. The van der Waals surface area contributed by atoms with Gasteiger partial charge in [-0.3, -0.25) is 4.79 Å². The van der Waals surface area contributed by atoms with Gasteiger partial charge in [-0.2, -0.15) is 13.2 Å². The van der Waals surface area contributed by atoms with Gasteiger partial charge in [0.2, 0.25) is 0 Å². The van der Waals surface area contributed by atoms with Crippen molar-refractivity contribution in [1.82, 2.24) is 20.6 Å². The Balaban J connectivity index is 1.16. The van der Waals surface area contributed by atoms with Gasteiger partial charge in [-0.1, -0.05) is 0 Å². The quantitative estimate of drug-likeness (QED) is 0.336. The van der Waals surface area contributed by atoms with Gasteiger partial charge in [0.25, 0.3) is 5.91 Å². The molecule has 0 aliphatic heterocycles. The average Bonchev–Trinajstić information content (AvgIpc) is 3.24. The van der Waals surface area contributed by atoms with Gasteiger partial charge in [0.1, 0.15) is 17.4 Å². The molecule has 4 N–H and O–H groups in total. The van der Waals surface area contributed by atoms with Crippen LogP contribution >= 0.6 is 0 Å². The van der Waals surface area contributed by atoms with Gasteiger partial charge in [0.05, 0.1) is 34.8 Å². The molecule has 1 atom stereocenters. The number of nitrogens with one attached hydrogen (secondary N) is 3. The highest BCUT2D eigenvalue weighted by Gasteiger charge is 2.54. The highest BCUT2D eigenvalue weighted by atomic mass is 19.4. The van der Waals surface area contributed by atoms with E-state index in [4.69, 9.17) is 4.74 Å². The number of ether oxygens (including phenoxy) is 1. The van der Waals surface area contributed by atoms with E-state index >= 15 is 0 Å². The second kappa shape index (κ2) is 9.53. The Morgan fingerprint density at radius 2 is 1.87 bits per heavy atom. The summed E-state index contributed by atoms with van der Waals surface area (Å²) >= 11 is 0. The molecule has 0 spiro atoms. The van der Waals surface area contributed by atoms with E-state index in [1.54, 1.807) is 0 Å². The van der Waals surface area contributed by atoms with E-state index in [0.717, 1.165) is 35.8 Å². The number of aliphatic hydroxyl groups excluding tert-OH is 1. The number of carbonyl (C=O) groups is 1. The fourth-order valence-electron chi connectivity index (χ4n) is 5.69. The number of rotatable bonds is 7. The number of aliphatic hydroxyl groups is 1. The molecule has 2 aromatic carbocycles. The number of hydrogen-bond donors (Lipinski definition) is 4. The highest BCUT2D eigenvalue weighted by Crippen LogP contribution is 2.47. The molecule has 1 unspecified atom stereocenters. The summed E-state index contributed by atoms with van der Waals surface area (Å²) in [4.78, 5) is 20.6. The molecular weight excluding hydrogens is 504 g/mol. The van der Waals surface area contributed by atoms with Crippen LogP contribution in [-0.2, 0) is 17.5 Å². The zero-order valence-electron chi connectivity index (χ0n) is 21.1. The van der Waals surface area contributed by atoms with Crippen LogP contribution in [-0.4, -0.2) is 44.8 Å². The number of aromatic amines is 1. The van der Waals surface area contributed by atoms with Gasteiger partial charge in [-0.25, -0.2) is 9.37 Å². The Kier molecular flexibility index (Phi) is 6.63. The van der Waals surface area contributed by atoms with Crippen molar-refractivity contribution in [3.05, 3.63) is 58.7 Å². The van der Waals surface area contributed by atoms with Crippen LogP contribution in [0.3, 0.4) is 0 Å². The first-order valence-electron chi connectivity index (χ1n) is 12.6. The summed E-state index contributed by atoms with van der Waals surface area (Å²) in [5.74, 6) is -1.36. The zero-order chi connectivity index (χ0) is 27.3. The van der Waals surface area contributed by atoms with Gasteiger partial charge in [-0.15, -0.1) is 0 Å². The first kappa shape index (κ1) is 26.4. The Morgan fingerprint density at radius 3 is 2.53 bits per heavy atom. The van der Waals surface area contributed by atoms with E-state index in [9.17, 15) is 27.5 Å². The van der Waals surface area contributed by atoms with Gasteiger partial charge in [0, 0.05) is 11.6 Å². The van der Waals surface area contributed by atoms with Gasteiger partial charge < -0.3 is 25.5 Å². The van der Waals surface area contributed by atoms with Crippen LogP contribution in [0.15, 0.2) is 30.3 Å². The molecule has 3 aromatic rings. The first-order chi connectivity index (χ1) is 17.9. The number of amides is 1. The second-order valence-corrected chi connectivity index (χ2v) is 10.6. The number of carbonyl (C=O) groups excluding carboxylic acids is 1. The highest BCUT2D eigenvalue weighted by molar-refractivity contribution is 5.78. The van der Waals surface area contributed by atoms with Crippen LogP contribution in [0.4, 0.5) is 17.6 Å². The topological polar surface area (TPSA) is 99.3 Å². The van der Waals surface area contributed by atoms with Crippen LogP contribution in [0.1, 0.15) is 54.6 Å². The summed E-state index contributed by atoms with van der Waals surface area (Å²) in [6.45, 7) is 4.13. The molecule has 1 aromatic heterocycles. The summed E-state index contributed by atoms with van der Waals surface area (Å²) in [5, 5.41) is 17.5. The maximum atomic E-state index is 13.8. The van der Waals surface area contributed by atoms with Gasteiger partial charge in [0.15, 0.2) is 6.61 Å². The van der Waals surface area contributed by atoms with Crippen molar-refractivity contribution in [3.63, 3.8) is 0 Å². The maximum Gasteiger partial charge on any atom is 0.419 e. The molecule has 204 valence electrons. The van der Waals surface area contributed by atoms with E-state index in [1.807, 2.05) is 0 Å². The normalized spacial score (nSPS) is 25.1. The van der Waals surface area contributed by atoms with Crippen molar-refractivity contribution in [2.24, 2.45) is 0 Å². The van der Waals surface area contributed by atoms with Crippen LogP contribution in [0.5, 0.6) is 5.75 Å². The third-order valence-electron chi connectivity index (χ3n) is 8.10. The van der Waals surface area contributed by atoms with Crippen molar-refractivity contribution in [1.29, 1.82) is 0 Å². The van der Waals surface area contributed by atoms with E-state index in [0.29, 0.717) is 37.9 Å². The van der Waals surface area contributed by atoms with Crippen molar-refractivity contribution in [2.75, 3.05) is 6.61 Å². The lowest BCUT2D eigenvalue weighted by atomic mass is 9.60. The van der Waals surface area contributed by atoms with Crippen molar-refractivity contribution in [2.45, 2.75) is 75.9 Å². The molecule has 3 aliphatic rings. The number of hydrogen-bond acceptors (Lipinski definition) is 5. The maximum absolute atomic E-state index is 13.8. The Hall–Kier alpha value is -3.18. The lowest BCUT2D eigenvalue weighted by Crippen LogP contribution is -2.69. The van der Waals surface area contributed by atoms with E-state index in [1.165, 1.54) is 11.1 Å². The molecule has 7 nitrogen and oxygen atoms in total. The van der Waals surface area contributed by atoms with Crippen molar-refractivity contribution in [3.8, 4) is 5.75 Å². The van der Waals surface area contributed by atoms with Crippen LogP contribution in [0.25, 0.3) is 11.0 Å². The summed E-state index contributed by atoms with van der Waals surface area (Å²) in [5.41, 5.74) is 1.80. The Bertz CT molecular complexity index is 1320. The SMILES string of the molecule is Cc1cc2nc(CNC34CCC(NC(=O)COc5ccc(C(F)(F)F)c(F)c5)(CC3)C(O)C4)[nH]c2cc1C. The number of nitrogens with zero attached hydrogens (tertiary/aromatic N) is 1. The molecule has 3 fully saturated rings. The number of imidazole rings is 1. The van der Waals surface area contributed by atoms with Gasteiger partial charge in [-0.05, 0) is 81.3 Å². The predicted octanol–water partition coefficient (Wildman–Crippen LogP) is 4.44. The molecule has 3 saturated carbocycles. The van der Waals surface area contributed by atoms with Gasteiger partial charge >= 0.3 is 6.18 Å². The minimum absolute atomic E-state index is 0.185. The number of aromatic nitrogens is 2. The Labute approximate surface area is 217 Å². The number of alkyl halides is 3. The second-order valence-electron chi connectivity index (χ2n) is 10.6. The molecule has 6 rings (SSSR count). The molecule has 2 bridgehead atoms. The molecule has 11 heteroatoms. The molecule has 3 aliphatic carbocycles. The largest absolute Gasteiger partial charge is 0.484 e. The Morgan fingerprint density at radius 1 is 1.16 bits per heavy atom. The van der Waals surface area contributed by atoms with Crippen LogP contribution < -0.4 is 15.4 Å². The monoisotopic (exact) mass is 534 g/mol. The van der Waals surface area contributed by atoms with Crippen LogP contribution in [0, 0.1) is 19.7 Å². The number of halogens is 4. The van der Waals surface area contributed by atoms with Crippen LogP contribution in [0.2, 0.25) is 0 Å². The fourth-order valence-corrected chi connectivity index (χ4v) is 5.69. The van der Waals surface area contributed by atoms with E-state index in [2.05, 4.69) is 46.6 Å². The first-order valence-corrected chi connectivity index (χ1v) is 12.6. The molecule has 1 amide bonds. The van der Waals surface area contributed by atoms with E-state index in [-0.39, 0.29) is 11.3 Å². The molecule has 38 heavy (non-hydrogen) atoms. The molecule has 0 radical (unpaired) electrons. The minimum atomic E-state index is -4.81.